The number of nitrogens with zero attached hydrogens (tertiary/aromatic N) is 1. The Bertz CT molecular complexity index is 452. The molecule has 78 valence electrons. The maximum atomic E-state index is 3.58. The van der Waals surface area contributed by atoms with E-state index in [1.807, 2.05) is 0 Å². The highest BCUT2D eigenvalue weighted by Gasteiger charge is 2.14. The minimum absolute atomic E-state index is 0.499. The smallest absolute Gasteiger partial charge is 0.0839 e. The Morgan fingerprint density at radius 3 is 2.93 bits per heavy atom. The second kappa shape index (κ2) is 3.70. The molecule has 1 aliphatic rings. The Hall–Kier alpha value is -1.28. The topological polar surface area (TPSA) is 17.0 Å². The molecule has 1 aromatic heterocycles. The lowest BCUT2D eigenvalue weighted by molar-refractivity contribution is 0.328. The zero-order valence-corrected chi connectivity index (χ0v) is 8.82. The van der Waals surface area contributed by atoms with Crippen LogP contribution in [0.3, 0.4) is 0 Å². The molecule has 0 bridgehead atoms. The zero-order valence-electron chi connectivity index (χ0n) is 8.82. The molecule has 0 aliphatic carbocycles. The second-order valence-electron chi connectivity index (χ2n) is 4.25. The van der Waals surface area contributed by atoms with Gasteiger partial charge in [0, 0.05) is 11.7 Å². The molecule has 1 aromatic carbocycles. The monoisotopic (exact) mass is 200 g/mol. The summed E-state index contributed by atoms with van der Waals surface area (Å²) in [6.45, 7) is 1.15. The fourth-order valence-electron chi connectivity index (χ4n) is 2.45. The Balaban J connectivity index is 2.02. The highest BCUT2D eigenvalue weighted by atomic mass is 15.2. The molecule has 2 aromatic rings. The molecule has 0 radical (unpaired) electrons. The predicted octanol–water partition coefficient (Wildman–Crippen LogP) is 2.91. The number of nitrogens with one attached hydrogen (secondary N) is 1. The van der Waals surface area contributed by atoms with E-state index in [0.29, 0.717) is 6.17 Å². The van der Waals surface area contributed by atoms with Crippen molar-refractivity contribution in [2.75, 3.05) is 6.54 Å². The Kier molecular flexibility index (Phi) is 2.22. The first-order chi connectivity index (χ1) is 7.45. The summed E-state index contributed by atoms with van der Waals surface area (Å²) in [5.41, 5.74) is 1.34. The number of aromatic nitrogens is 1. The first-order valence-electron chi connectivity index (χ1n) is 5.74. The Morgan fingerprint density at radius 2 is 2.07 bits per heavy atom. The quantitative estimate of drug-likeness (QED) is 0.749. The Morgan fingerprint density at radius 1 is 1.13 bits per heavy atom. The molecule has 0 spiro atoms. The number of hydrogen-bond donors (Lipinski definition) is 1. The summed E-state index contributed by atoms with van der Waals surface area (Å²) in [7, 11) is 0. The van der Waals surface area contributed by atoms with Crippen molar-refractivity contribution < 1.29 is 0 Å². The van der Waals surface area contributed by atoms with Crippen molar-refractivity contribution in [3.63, 3.8) is 0 Å². The normalized spacial score (nSPS) is 22.0. The third-order valence-corrected chi connectivity index (χ3v) is 3.25. The summed E-state index contributed by atoms with van der Waals surface area (Å²) in [5.74, 6) is 0. The summed E-state index contributed by atoms with van der Waals surface area (Å²) >= 11 is 0. The molecule has 1 saturated heterocycles. The van der Waals surface area contributed by atoms with Gasteiger partial charge in [0.15, 0.2) is 0 Å². The van der Waals surface area contributed by atoms with Crippen molar-refractivity contribution in [1.29, 1.82) is 0 Å². The van der Waals surface area contributed by atoms with E-state index in [-0.39, 0.29) is 0 Å². The minimum atomic E-state index is 0.499. The third-order valence-electron chi connectivity index (χ3n) is 3.25. The molecule has 1 N–H and O–H groups in total. The van der Waals surface area contributed by atoms with E-state index in [0.717, 1.165) is 6.54 Å². The van der Waals surface area contributed by atoms with Crippen molar-refractivity contribution in [2.24, 2.45) is 0 Å². The summed E-state index contributed by atoms with van der Waals surface area (Å²) in [6, 6.07) is 10.8. The molecule has 3 rings (SSSR count). The van der Waals surface area contributed by atoms with Crippen molar-refractivity contribution in [3.8, 4) is 0 Å². The van der Waals surface area contributed by atoms with Gasteiger partial charge in [-0.2, -0.15) is 0 Å². The fraction of sp³-hybridized carbons (Fsp3) is 0.385. The van der Waals surface area contributed by atoms with Gasteiger partial charge in [-0.3, -0.25) is 5.32 Å². The van der Waals surface area contributed by atoms with Crippen molar-refractivity contribution >= 4 is 10.9 Å². The molecule has 1 fully saturated rings. The molecular weight excluding hydrogens is 184 g/mol. The van der Waals surface area contributed by atoms with Gasteiger partial charge in [-0.1, -0.05) is 18.2 Å². The molecule has 1 unspecified atom stereocenters. The van der Waals surface area contributed by atoms with E-state index in [4.69, 9.17) is 0 Å². The average molecular weight is 200 g/mol. The van der Waals surface area contributed by atoms with Crippen molar-refractivity contribution in [1.82, 2.24) is 9.88 Å². The number of para-hydroxylation sites is 1. The summed E-state index contributed by atoms with van der Waals surface area (Å²) in [5, 5.41) is 4.91. The zero-order chi connectivity index (χ0) is 10.1. The van der Waals surface area contributed by atoms with Crippen LogP contribution in [0.1, 0.15) is 25.4 Å². The number of piperidine rings is 1. The van der Waals surface area contributed by atoms with E-state index < -0.39 is 0 Å². The molecule has 2 heterocycles. The summed E-state index contributed by atoms with van der Waals surface area (Å²) in [6.07, 6.45) is 6.60. The predicted molar refractivity (Wildman–Crippen MR) is 62.8 cm³/mol. The van der Waals surface area contributed by atoms with E-state index >= 15 is 0 Å². The highest BCUT2D eigenvalue weighted by Crippen LogP contribution is 2.23. The van der Waals surface area contributed by atoms with Gasteiger partial charge in [0.05, 0.1) is 6.17 Å². The van der Waals surface area contributed by atoms with Crippen LogP contribution in [0.5, 0.6) is 0 Å². The maximum Gasteiger partial charge on any atom is 0.0839 e. The molecule has 0 saturated carbocycles. The first-order valence-corrected chi connectivity index (χ1v) is 5.74. The van der Waals surface area contributed by atoms with E-state index in [9.17, 15) is 0 Å². The van der Waals surface area contributed by atoms with Gasteiger partial charge in [0.1, 0.15) is 0 Å². The summed E-state index contributed by atoms with van der Waals surface area (Å²) in [4.78, 5) is 0. The number of rotatable bonds is 1. The standard InChI is InChI=1S/C13H16N2/c1-2-6-12-11(5-1)8-10-15(12)13-7-3-4-9-14-13/h1-2,5-6,8,10,13-14H,3-4,7,9H2. The lowest BCUT2D eigenvalue weighted by Crippen LogP contribution is -2.30. The first kappa shape index (κ1) is 8.98. The largest absolute Gasteiger partial charge is 0.331 e. The molecular formula is C13H16N2. The van der Waals surface area contributed by atoms with Crippen LogP contribution in [0.2, 0.25) is 0 Å². The lowest BCUT2D eigenvalue weighted by Gasteiger charge is -2.25. The van der Waals surface area contributed by atoms with E-state index in [1.165, 1.54) is 30.2 Å². The molecule has 15 heavy (non-hydrogen) atoms. The fourth-order valence-corrected chi connectivity index (χ4v) is 2.45. The molecule has 1 aliphatic heterocycles. The van der Waals surface area contributed by atoms with E-state index in [1.54, 1.807) is 0 Å². The van der Waals surface area contributed by atoms with Crippen molar-refractivity contribution in [3.05, 3.63) is 36.5 Å². The minimum Gasteiger partial charge on any atom is -0.331 e. The SMILES string of the molecule is c1ccc2c(c1)ccn2C1CCCCN1. The maximum absolute atomic E-state index is 3.58. The average Bonchev–Trinajstić information content (AvgIpc) is 2.74. The van der Waals surface area contributed by atoms with Gasteiger partial charge in [-0.05, 0) is 43.3 Å². The highest BCUT2D eigenvalue weighted by molar-refractivity contribution is 5.80. The van der Waals surface area contributed by atoms with Gasteiger partial charge in [0.2, 0.25) is 0 Å². The van der Waals surface area contributed by atoms with Gasteiger partial charge < -0.3 is 4.57 Å². The van der Waals surface area contributed by atoms with Gasteiger partial charge in [-0.25, -0.2) is 0 Å². The van der Waals surface area contributed by atoms with Gasteiger partial charge in [-0.15, -0.1) is 0 Å². The summed E-state index contributed by atoms with van der Waals surface area (Å²) < 4.78 is 2.37. The molecule has 2 heteroatoms. The number of benzene rings is 1. The van der Waals surface area contributed by atoms with Crippen LogP contribution >= 0.6 is 0 Å². The van der Waals surface area contributed by atoms with Crippen LogP contribution in [-0.4, -0.2) is 11.1 Å². The molecule has 2 nitrogen and oxygen atoms in total. The third kappa shape index (κ3) is 1.55. The number of fused-ring (bicyclic) bond motifs is 1. The van der Waals surface area contributed by atoms with Crippen LogP contribution in [0.4, 0.5) is 0 Å². The van der Waals surface area contributed by atoms with Gasteiger partial charge >= 0.3 is 0 Å². The van der Waals surface area contributed by atoms with Crippen LogP contribution in [0, 0.1) is 0 Å². The van der Waals surface area contributed by atoms with Crippen LogP contribution in [0.15, 0.2) is 36.5 Å². The Labute approximate surface area is 89.9 Å². The van der Waals surface area contributed by atoms with Crippen LogP contribution in [-0.2, 0) is 0 Å². The second-order valence-corrected chi connectivity index (χ2v) is 4.25. The van der Waals surface area contributed by atoms with Crippen molar-refractivity contribution in [2.45, 2.75) is 25.4 Å². The lowest BCUT2D eigenvalue weighted by atomic mass is 10.1. The van der Waals surface area contributed by atoms with Crippen LogP contribution < -0.4 is 5.32 Å². The van der Waals surface area contributed by atoms with Gasteiger partial charge in [0.25, 0.3) is 0 Å². The molecule has 1 atom stereocenters. The molecule has 0 amide bonds. The van der Waals surface area contributed by atoms with Crippen LogP contribution in [0.25, 0.3) is 10.9 Å². The number of hydrogen-bond acceptors (Lipinski definition) is 1. The van der Waals surface area contributed by atoms with E-state index in [2.05, 4.69) is 46.4 Å².